The first-order valence-corrected chi connectivity index (χ1v) is 27.8. The number of aromatic nitrogens is 1. The highest BCUT2D eigenvalue weighted by molar-refractivity contribution is 7.92. The van der Waals surface area contributed by atoms with E-state index in [1.54, 1.807) is 24.3 Å². The minimum Gasteiger partial charge on any atom is -0.310 e. The van der Waals surface area contributed by atoms with Crippen LogP contribution in [0, 0.1) is 0 Å². The lowest BCUT2D eigenvalue weighted by Crippen LogP contribution is -2.37. The second kappa shape index (κ2) is 18.2. The highest BCUT2D eigenvalue weighted by Gasteiger charge is 2.46. The molecule has 11 aromatic rings. The van der Waals surface area contributed by atoms with Crippen LogP contribution in [-0.2, 0) is 25.1 Å². The van der Waals surface area contributed by atoms with Crippen molar-refractivity contribution in [3.63, 3.8) is 0 Å². The molecule has 1 aromatic heterocycles. The number of fused-ring (bicyclic) bond motifs is 5. The zero-order valence-corrected chi connectivity index (χ0v) is 42.0. The molecular formula is C67H46N2O4S2. The molecule has 360 valence electrons. The molecule has 10 aromatic carbocycles. The van der Waals surface area contributed by atoms with E-state index in [0.717, 1.165) is 95.6 Å². The van der Waals surface area contributed by atoms with E-state index in [9.17, 15) is 16.8 Å². The number of pyridine rings is 1. The van der Waals surface area contributed by atoms with Crippen molar-refractivity contribution >= 4 is 36.7 Å². The fraction of sp³-hybridized carbons (Fsp3) is 0.0299. The number of benzene rings is 10. The van der Waals surface area contributed by atoms with Crippen LogP contribution < -0.4 is 4.90 Å². The van der Waals surface area contributed by atoms with Crippen LogP contribution in [-0.4, -0.2) is 21.8 Å². The molecule has 13 rings (SSSR count). The van der Waals surface area contributed by atoms with Crippen molar-refractivity contribution in [2.45, 2.75) is 31.0 Å². The second-order valence-electron chi connectivity index (χ2n) is 19.0. The first-order chi connectivity index (χ1) is 36.7. The summed E-state index contributed by atoms with van der Waals surface area (Å²) in [4.78, 5) is 6.48. The lowest BCUT2D eigenvalue weighted by Gasteiger charge is -2.46. The number of nitrogens with zero attached hydrogens (tertiary/aromatic N) is 2. The largest absolute Gasteiger partial charge is 0.310 e. The molecule has 0 N–H and O–H groups in total. The molecule has 1 aliphatic heterocycles. The highest BCUT2D eigenvalue weighted by atomic mass is 32.2. The molecule has 6 nitrogen and oxygen atoms in total. The Bertz CT molecular complexity index is 4000. The van der Waals surface area contributed by atoms with Gasteiger partial charge in [0.25, 0.3) is 0 Å². The van der Waals surface area contributed by atoms with Gasteiger partial charge in [-0.2, -0.15) is 0 Å². The van der Waals surface area contributed by atoms with Gasteiger partial charge in [-0.25, -0.2) is 21.8 Å². The molecule has 0 radical (unpaired) electrons. The Morgan fingerprint density at radius 2 is 0.800 bits per heavy atom. The summed E-state index contributed by atoms with van der Waals surface area (Å²) in [5.74, 6) is -0.119. The normalized spacial score (nSPS) is 13.6. The fourth-order valence-electron chi connectivity index (χ4n) is 11.5. The standard InChI is InChI=1S/C67H46N2O4S2/c70-74(71,54-35-29-48(30-36-54)66-57-40-31-49(46-17-5-1-6-18-46)43-59(57)60-44-50(32-41-58(60)66)47-19-7-2-8-20-47)56-39-42-65(68-45-56)75(72,73)55-37-33-53(34-38-55)69-63-27-15-13-25-61(63)67(51-21-9-3-10-22-51,52-23-11-4-12-24-52)62-26-14-16-28-64(62)69/h1-45,66H. The summed E-state index contributed by atoms with van der Waals surface area (Å²) < 4.78 is 56.9. The molecule has 0 bridgehead atoms. The van der Waals surface area contributed by atoms with Crippen LogP contribution in [0.2, 0.25) is 0 Å². The van der Waals surface area contributed by atoms with Crippen LogP contribution in [0.1, 0.15) is 44.9 Å². The maximum atomic E-state index is 14.2. The van der Waals surface area contributed by atoms with Crippen LogP contribution in [0.3, 0.4) is 0 Å². The number of rotatable bonds is 10. The van der Waals surface area contributed by atoms with Gasteiger partial charge in [-0.1, -0.05) is 194 Å². The predicted octanol–water partition coefficient (Wildman–Crippen LogP) is 15.4. The number of anilines is 3. The first-order valence-electron chi connectivity index (χ1n) is 24.9. The van der Waals surface area contributed by atoms with Crippen LogP contribution in [0.5, 0.6) is 0 Å². The molecule has 0 amide bonds. The van der Waals surface area contributed by atoms with Gasteiger partial charge >= 0.3 is 0 Å². The summed E-state index contributed by atoms with van der Waals surface area (Å²) in [5, 5.41) is -0.252. The van der Waals surface area contributed by atoms with E-state index >= 15 is 0 Å². The maximum Gasteiger partial charge on any atom is 0.223 e. The van der Waals surface area contributed by atoms with Crippen molar-refractivity contribution in [2.24, 2.45) is 0 Å². The van der Waals surface area contributed by atoms with Gasteiger partial charge in [-0.05, 0) is 145 Å². The van der Waals surface area contributed by atoms with Crippen molar-refractivity contribution < 1.29 is 16.8 Å². The molecular weight excluding hydrogens is 961 g/mol. The lowest BCUT2D eigenvalue weighted by atomic mass is 9.62. The van der Waals surface area contributed by atoms with Crippen molar-refractivity contribution in [2.75, 3.05) is 4.90 Å². The molecule has 2 heterocycles. The molecule has 0 fully saturated rings. The van der Waals surface area contributed by atoms with Crippen molar-refractivity contribution in [3.8, 4) is 33.4 Å². The predicted molar refractivity (Wildman–Crippen MR) is 298 cm³/mol. The highest BCUT2D eigenvalue weighted by Crippen LogP contribution is 2.58. The van der Waals surface area contributed by atoms with Gasteiger partial charge in [0, 0.05) is 17.8 Å². The SMILES string of the molecule is O=S(=O)(c1ccc(C2c3ccc(-c4ccccc4)cc3-c3cc(-c4ccccc4)ccc32)cc1)c1ccc(S(=O)(=O)c2ccc(N3c4ccccc4C(c4ccccc4)(c4ccccc4)c4ccccc43)cc2)nc1. The summed E-state index contributed by atoms with van der Waals surface area (Å²) in [6, 6.07) is 88.2. The zero-order valence-electron chi connectivity index (χ0n) is 40.4. The van der Waals surface area contributed by atoms with E-state index in [-0.39, 0.29) is 25.6 Å². The van der Waals surface area contributed by atoms with E-state index in [2.05, 4.69) is 155 Å². The summed E-state index contributed by atoms with van der Waals surface area (Å²) >= 11 is 0. The van der Waals surface area contributed by atoms with Crippen LogP contribution in [0.15, 0.2) is 293 Å². The summed E-state index contributed by atoms with van der Waals surface area (Å²) in [7, 11) is -8.22. The Morgan fingerprint density at radius 3 is 1.28 bits per heavy atom. The summed E-state index contributed by atoms with van der Waals surface area (Å²) in [6.45, 7) is 0. The van der Waals surface area contributed by atoms with Gasteiger partial charge in [0.05, 0.1) is 31.5 Å². The van der Waals surface area contributed by atoms with Crippen LogP contribution in [0.25, 0.3) is 33.4 Å². The molecule has 8 heteroatoms. The topological polar surface area (TPSA) is 84.4 Å². The van der Waals surface area contributed by atoms with Gasteiger partial charge < -0.3 is 4.90 Å². The third-order valence-corrected chi connectivity index (χ3v) is 18.4. The Kier molecular flexibility index (Phi) is 11.1. The monoisotopic (exact) mass is 1010 g/mol. The number of para-hydroxylation sites is 2. The Morgan fingerprint density at radius 1 is 0.373 bits per heavy atom. The van der Waals surface area contributed by atoms with Crippen LogP contribution in [0.4, 0.5) is 17.1 Å². The smallest absolute Gasteiger partial charge is 0.223 e. The third-order valence-electron chi connectivity index (χ3n) is 15.0. The Labute approximate surface area is 437 Å². The quantitative estimate of drug-likeness (QED) is 0.136. The first kappa shape index (κ1) is 45.9. The average molecular weight is 1010 g/mol. The fourth-order valence-corrected chi connectivity index (χ4v) is 13.9. The van der Waals surface area contributed by atoms with E-state index in [0.29, 0.717) is 0 Å². The van der Waals surface area contributed by atoms with E-state index in [1.165, 1.54) is 12.1 Å². The van der Waals surface area contributed by atoms with Gasteiger partial charge in [-0.3, -0.25) is 0 Å². The maximum absolute atomic E-state index is 14.2. The molecule has 1 aliphatic carbocycles. The van der Waals surface area contributed by atoms with Gasteiger partial charge in [0.2, 0.25) is 19.7 Å². The molecule has 0 atom stereocenters. The third kappa shape index (κ3) is 7.55. The van der Waals surface area contributed by atoms with Crippen LogP contribution >= 0.6 is 0 Å². The summed E-state index contributed by atoms with van der Waals surface area (Å²) in [5.41, 5.74) is 16.6. The summed E-state index contributed by atoms with van der Waals surface area (Å²) in [6.07, 6.45) is 1.13. The van der Waals surface area contributed by atoms with Gasteiger partial charge in [-0.15, -0.1) is 0 Å². The molecule has 2 aliphatic rings. The Balaban J connectivity index is 0.788. The van der Waals surface area contributed by atoms with E-state index in [1.807, 2.05) is 84.9 Å². The number of hydrogen-bond acceptors (Lipinski definition) is 6. The average Bonchev–Trinajstić information content (AvgIpc) is 3.82. The molecule has 0 unspecified atom stereocenters. The van der Waals surface area contributed by atoms with Crippen molar-refractivity contribution in [1.82, 2.24) is 4.98 Å². The minimum atomic E-state index is -4.15. The number of sulfone groups is 2. The Hall–Kier alpha value is -8.95. The second-order valence-corrected chi connectivity index (χ2v) is 22.9. The minimum absolute atomic E-state index is 0.0362. The van der Waals surface area contributed by atoms with Gasteiger partial charge in [0.15, 0.2) is 5.03 Å². The zero-order chi connectivity index (χ0) is 50.7. The molecule has 0 saturated heterocycles. The van der Waals surface area contributed by atoms with E-state index < -0.39 is 25.1 Å². The van der Waals surface area contributed by atoms with E-state index in [4.69, 9.17) is 0 Å². The molecule has 75 heavy (non-hydrogen) atoms. The lowest BCUT2D eigenvalue weighted by molar-refractivity contribution is 0.588. The number of hydrogen-bond donors (Lipinski definition) is 0. The van der Waals surface area contributed by atoms with Gasteiger partial charge in [0.1, 0.15) is 0 Å². The molecule has 0 spiro atoms. The molecule has 0 saturated carbocycles. The van der Waals surface area contributed by atoms with Crippen molar-refractivity contribution in [3.05, 3.63) is 312 Å². The van der Waals surface area contributed by atoms with Crippen molar-refractivity contribution in [1.29, 1.82) is 0 Å².